The molecule has 4 rings (SSSR count). The lowest BCUT2D eigenvalue weighted by Gasteiger charge is -2.17. The number of fused-ring (bicyclic) bond motifs is 3. The molecule has 33 heavy (non-hydrogen) atoms. The molecule has 2 aromatic rings. The van der Waals surface area contributed by atoms with Crippen molar-refractivity contribution >= 4 is 29.8 Å². The third-order valence-corrected chi connectivity index (χ3v) is 5.50. The number of ether oxygens (including phenoxy) is 2. The summed E-state index contributed by atoms with van der Waals surface area (Å²) in [6, 6.07) is 13.9. The van der Waals surface area contributed by atoms with Crippen LogP contribution in [0.2, 0.25) is 0 Å². The van der Waals surface area contributed by atoms with Crippen molar-refractivity contribution in [1.29, 1.82) is 0 Å². The first-order chi connectivity index (χ1) is 15.8. The normalized spacial score (nSPS) is 17.5. The van der Waals surface area contributed by atoms with Crippen molar-refractivity contribution in [2.24, 2.45) is 0 Å². The number of carboxylic acid groups (broad SMARTS) is 1. The number of alkyl carbamates (subject to hydrolysis) is 1. The average Bonchev–Trinajstić information content (AvgIpc) is 3.27. The molecular formula is C23H20N2O8. The molecule has 2 aromatic carbocycles. The molecule has 2 aliphatic rings. The van der Waals surface area contributed by atoms with E-state index in [0.717, 1.165) is 22.3 Å². The molecule has 0 aromatic heterocycles. The molecule has 0 radical (unpaired) electrons. The number of nitrogens with one attached hydrogen (secondary N) is 2. The number of imide groups is 1. The van der Waals surface area contributed by atoms with Gasteiger partial charge in [-0.05, 0) is 22.3 Å². The molecule has 1 heterocycles. The number of hydrogen-bond acceptors (Lipinski definition) is 7. The van der Waals surface area contributed by atoms with Crippen LogP contribution in [0.5, 0.6) is 0 Å². The lowest BCUT2D eigenvalue weighted by molar-refractivity contribution is -0.156. The van der Waals surface area contributed by atoms with E-state index in [-0.39, 0.29) is 18.9 Å². The van der Waals surface area contributed by atoms with Crippen LogP contribution in [0.15, 0.2) is 48.5 Å². The zero-order valence-electron chi connectivity index (χ0n) is 17.3. The van der Waals surface area contributed by atoms with E-state index in [1.54, 1.807) is 0 Å². The smallest absolute Gasteiger partial charge is 0.407 e. The average molecular weight is 452 g/mol. The van der Waals surface area contributed by atoms with Crippen LogP contribution >= 0.6 is 0 Å². The van der Waals surface area contributed by atoms with Gasteiger partial charge >= 0.3 is 18.0 Å². The monoisotopic (exact) mass is 452 g/mol. The van der Waals surface area contributed by atoms with Gasteiger partial charge in [-0.2, -0.15) is 0 Å². The summed E-state index contributed by atoms with van der Waals surface area (Å²) < 4.78 is 10.1. The Morgan fingerprint density at radius 1 is 1.03 bits per heavy atom. The second kappa shape index (κ2) is 9.11. The third kappa shape index (κ3) is 4.69. The van der Waals surface area contributed by atoms with Gasteiger partial charge in [0.25, 0.3) is 5.91 Å². The number of rotatable bonds is 7. The molecule has 2 atom stereocenters. The molecule has 1 fully saturated rings. The van der Waals surface area contributed by atoms with E-state index in [9.17, 15) is 29.1 Å². The molecule has 3 amide bonds. The van der Waals surface area contributed by atoms with E-state index < -0.39 is 48.4 Å². The van der Waals surface area contributed by atoms with E-state index in [1.165, 1.54) is 0 Å². The van der Waals surface area contributed by atoms with Crippen molar-refractivity contribution < 1.29 is 38.6 Å². The summed E-state index contributed by atoms with van der Waals surface area (Å²) in [6.45, 7) is -0.0268. The van der Waals surface area contributed by atoms with Gasteiger partial charge in [0.1, 0.15) is 12.6 Å². The summed E-state index contributed by atoms with van der Waals surface area (Å²) in [4.78, 5) is 58.5. The zero-order valence-corrected chi connectivity index (χ0v) is 17.3. The summed E-state index contributed by atoms with van der Waals surface area (Å²) in [7, 11) is 0. The maximum Gasteiger partial charge on any atom is 0.407 e. The maximum atomic E-state index is 12.3. The van der Waals surface area contributed by atoms with Gasteiger partial charge in [-0.25, -0.2) is 9.59 Å². The van der Waals surface area contributed by atoms with Gasteiger partial charge in [0.15, 0.2) is 6.10 Å². The molecule has 1 saturated heterocycles. The van der Waals surface area contributed by atoms with Crippen molar-refractivity contribution in [3.05, 3.63) is 59.7 Å². The quantitative estimate of drug-likeness (QED) is 0.421. The largest absolute Gasteiger partial charge is 0.480 e. The number of amides is 3. The number of carbonyl (C=O) groups is 5. The number of aliphatic carboxylic acids is 1. The first kappa shape index (κ1) is 22.0. The summed E-state index contributed by atoms with van der Waals surface area (Å²) in [6.07, 6.45) is -3.39. The van der Waals surface area contributed by atoms with Crippen LogP contribution < -0.4 is 10.6 Å². The number of benzene rings is 2. The molecule has 1 aliphatic heterocycles. The second-order valence-corrected chi connectivity index (χ2v) is 7.66. The fourth-order valence-corrected chi connectivity index (χ4v) is 3.98. The van der Waals surface area contributed by atoms with Gasteiger partial charge < -0.3 is 19.9 Å². The highest BCUT2D eigenvalue weighted by atomic mass is 16.6. The first-order valence-electron chi connectivity index (χ1n) is 10.2. The van der Waals surface area contributed by atoms with Crippen LogP contribution in [0.3, 0.4) is 0 Å². The highest BCUT2D eigenvalue weighted by Gasteiger charge is 2.35. The highest BCUT2D eigenvalue weighted by molar-refractivity contribution is 6.05. The molecule has 1 unspecified atom stereocenters. The fourth-order valence-electron chi connectivity index (χ4n) is 3.98. The van der Waals surface area contributed by atoms with Crippen LogP contribution in [0.1, 0.15) is 29.9 Å². The van der Waals surface area contributed by atoms with Gasteiger partial charge in [-0.15, -0.1) is 0 Å². The molecule has 10 nitrogen and oxygen atoms in total. The molecular weight excluding hydrogens is 432 g/mol. The van der Waals surface area contributed by atoms with Gasteiger partial charge in [0, 0.05) is 5.92 Å². The van der Waals surface area contributed by atoms with E-state index in [2.05, 4.69) is 5.32 Å². The van der Waals surface area contributed by atoms with Crippen LogP contribution in [-0.4, -0.2) is 53.7 Å². The minimum Gasteiger partial charge on any atom is -0.480 e. The van der Waals surface area contributed by atoms with Gasteiger partial charge in [0.05, 0.1) is 12.8 Å². The van der Waals surface area contributed by atoms with Gasteiger partial charge in [-0.1, -0.05) is 48.5 Å². The summed E-state index contributed by atoms with van der Waals surface area (Å²) in [5.41, 5.74) is 4.08. The third-order valence-electron chi connectivity index (χ3n) is 5.50. The lowest BCUT2D eigenvalue weighted by atomic mass is 9.98. The molecule has 3 N–H and O–H groups in total. The number of hydrogen-bond donors (Lipinski definition) is 3. The SMILES string of the molecule is O=C1CC(OC(=O)C[C@H](NC(=O)OCC2c3ccccc3-c3ccccc32)C(=O)O)C(=O)N1. The summed E-state index contributed by atoms with van der Waals surface area (Å²) in [5.74, 6) is -4.10. The lowest BCUT2D eigenvalue weighted by Crippen LogP contribution is -2.43. The van der Waals surface area contributed by atoms with Crippen LogP contribution in [-0.2, 0) is 28.7 Å². The minimum absolute atomic E-state index is 0.0268. The fraction of sp³-hybridized carbons (Fsp3) is 0.261. The molecule has 1 aliphatic carbocycles. The van der Waals surface area contributed by atoms with Gasteiger partial charge in [-0.3, -0.25) is 19.7 Å². The Bertz CT molecular complexity index is 1100. The molecule has 0 saturated carbocycles. The van der Waals surface area contributed by atoms with E-state index in [4.69, 9.17) is 9.47 Å². The highest BCUT2D eigenvalue weighted by Crippen LogP contribution is 2.44. The number of carboxylic acids is 1. The Labute approximate surface area is 187 Å². The van der Waals surface area contributed by atoms with Crippen molar-refractivity contribution in [2.45, 2.75) is 30.9 Å². The predicted molar refractivity (Wildman–Crippen MR) is 112 cm³/mol. The van der Waals surface area contributed by atoms with E-state index in [1.807, 2.05) is 53.8 Å². The van der Waals surface area contributed by atoms with Crippen LogP contribution in [0, 0.1) is 0 Å². The van der Waals surface area contributed by atoms with Crippen molar-refractivity contribution in [2.75, 3.05) is 6.61 Å². The number of carbonyl (C=O) groups excluding carboxylic acids is 4. The number of esters is 1. The Morgan fingerprint density at radius 3 is 2.18 bits per heavy atom. The zero-order chi connectivity index (χ0) is 23.5. The van der Waals surface area contributed by atoms with Gasteiger partial charge in [0.2, 0.25) is 5.91 Å². The molecule has 170 valence electrons. The molecule has 10 heteroatoms. The van der Waals surface area contributed by atoms with Crippen molar-refractivity contribution in [3.63, 3.8) is 0 Å². The second-order valence-electron chi connectivity index (χ2n) is 7.66. The maximum absolute atomic E-state index is 12.3. The standard InChI is InChI=1S/C23H20N2O8/c26-19-10-18(21(28)25-19)33-20(27)9-17(22(29)30)24-23(31)32-11-16-14-7-3-1-5-12(14)13-6-2-4-8-15(13)16/h1-8,16-18H,9-11H2,(H,24,31)(H,29,30)(H,25,26,28)/t17-,18?/m0/s1. The van der Waals surface area contributed by atoms with Crippen LogP contribution in [0.4, 0.5) is 4.79 Å². The van der Waals surface area contributed by atoms with E-state index >= 15 is 0 Å². The Morgan fingerprint density at radius 2 is 1.64 bits per heavy atom. The molecule has 0 spiro atoms. The Kier molecular flexibility index (Phi) is 6.07. The minimum atomic E-state index is -1.63. The molecule has 0 bridgehead atoms. The Balaban J connectivity index is 1.35. The summed E-state index contributed by atoms with van der Waals surface area (Å²) in [5, 5.41) is 13.5. The summed E-state index contributed by atoms with van der Waals surface area (Å²) >= 11 is 0. The van der Waals surface area contributed by atoms with Crippen LogP contribution in [0.25, 0.3) is 11.1 Å². The van der Waals surface area contributed by atoms with Crippen molar-refractivity contribution in [3.8, 4) is 11.1 Å². The first-order valence-corrected chi connectivity index (χ1v) is 10.2. The van der Waals surface area contributed by atoms with Crippen molar-refractivity contribution in [1.82, 2.24) is 10.6 Å². The van der Waals surface area contributed by atoms with E-state index in [0.29, 0.717) is 0 Å². The Hall–Kier alpha value is -4.21. The predicted octanol–water partition coefficient (Wildman–Crippen LogP) is 1.33. The topological polar surface area (TPSA) is 148 Å².